The van der Waals surface area contributed by atoms with Crippen LogP contribution in [0, 0.1) is 18.3 Å². The van der Waals surface area contributed by atoms with Crippen LogP contribution in [0.1, 0.15) is 30.1 Å². The quantitative estimate of drug-likeness (QED) is 0.799. The molecule has 0 radical (unpaired) electrons. The number of carbonyl (C=O) groups excluding carboxylic acids is 2. The van der Waals surface area contributed by atoms with Gasteiger partial charge in [0.05, 0.1) is 18.7 Å². The summed E-state index contributed by atoms with van der Waals surface area (Å²) < 4.78 is 0. The molecule has 23 heavy (non-hydrogen) atoms. The summed E-state index contributed by atoms with van der Waals surface area (Å²) in [4.78, 5) is 29.9. The zero-order chi connectivity index (χ0) is 16.7. The second kappa shape index (κ2) is 8.18. The highest BCUT2D eigenvalue weighted by atomic mass is 16.2. The third-order valence-electron chi connectivity index (χ3n) is 3.90. The van der Waals surface area contributed by atoms with E-state index in [1.165, 1.54) is 0 Å². The van der Waals surface area contributed by atoms with Crippen LogP contribution in [0.3, 0.4) is 0 Å². The van der Waals surface area contributed by atoms with Gasteiger partial charge in [-0.1, -0.05) is 12.8 Å². The molecule has 1 fully saturated rings. The second-order valence-electron chi connectivity index (χ2n) is 5.74. The molecule has 0 aliphatic carbocycles. The van der Waals surface area contributed by atoms with Crippen LogP contribution >= 0.6 is 0 Å². The average molecular weight is 314 g/mol. The van der Waals surface area contributed by atoms with Crippen molar-refractivity contribution >= 4 is 17.6 Å². The zero-order valence-electron chi connectivity index (χ0n) is 13.3. The Kier molecular flexibility index (Phi) is 5.98. The number of likely N-dealkylation sites (tertiary alicyclic amines) is 1. The number of terminal acetylenes is 1. The predicted octanol–water partition coefficient (Wildman–Crippen LogP) is 1.11. The second-order valence-corrected chi connectivity index (χ2v) is 5.74. The van der Waals surface area contributed by atoms with E-state index in [9.17, 15) is 9.59 Å². The first kappa shape index (κ1) is 16.8. The first-order chi connectivity index (χ1) is 11.1. The van der Waals surface area contributed by atoms with Crippen molar-refractivity contribution in [1.82, 2.24) is 15.2 Å². The number of aromatic nitrogens is 1. The van der Waals surface area contributed by atoms with Gasteiger partial charge in [0.2, 0.25) is 5.91 Å². The molecule has 1 saturated heterocycles. The normalized spacial score (nSPS) is 14.9. The molecule has 6 heteroatoms. The molecule has 0 unspecified atom stereocenters. The molecule has 1 aromatic rings. The van der Waals surface area contributed by atoms with E-state index in [0.717, 1.165) is 25.9 Å². The van der Waals surface area contributed by atoms with Crippen LogP contribution in [-0.4, -0.2) is 47.9 Å². The summed E-state index contributed by atoms with van der Waals surface area (Å²) in [5, 5.41) is 5.44. The van der Waals surface area contributed by atoms with E-state index >= 15 is 0 Å². The molecule has 0 saturated carbocycles. The van der Waals surface area contributed by atoms with E-state index < -0.39 is 0 Å². The molecule has 0 aromatic carbocycles. The van der Waals surface area contributed by atoms with Crippen LogP contribution in [-0.2, 0) is 4.79 Å². The number of amides is 2. The summed E-state index contributed by atoms with van der Waals surface area (Å²) in [7, 11) is 0. The van der Waals surface area contributed by atoms with Gasteiger partial charge in [-0.25, -0.2) is 4.98 Å². The minimum absolute atomic E-state index is 0.0164. The Morgan fingerprint density at radius 3 is 2.74 bits per heavy atom. The molecule has 0 bridgehead atoms. The number of piperidine rings is 1. The Bertz CT molecular complexity index is 584. The Morgan fingerprint density at radius 2 is 2.13 bits per heavy atom. The zero-order valence-corrected chi connectivity index (χ0v) is 13.3. The van der Waals surface area contributed by atoms with Gasteiger partial charge in [-0.15, -0.1) is 6.42 Å². The van der Waals surface area contributed by atoms with Crippen molar-refractivity contribution in [3.8, 4) is 12.3 Å². The van der Waals surface area contributed by atoms with Gasteiger partial charge < -0.3 is 15.5 Å². The smallest absolute Gasteiger partial charge is 0.255 e. The number of rotatable bonds is 5. The van der Waals surface area contributed by atoms with E-state index in [1.54, 1.807) is 18.3 Å². The van der Waals surface area contributed by atoms with Crippen LogP contribution in [0.5, 0.6) is 0 Å². The number of anilines is 1. The predicted molar refractivity (Wildman–Crippen MR) is 88.9 cm³/mol. The van der Waals surface area contributed by atoms with Gasteiger partial charge in [-0.2, -0.15) is 0 Å². The maximum Gasteiger partial charge on any atom is 0.255 e. The largest absolute Gasteiger partial charge is 0.361 e. The van der Waals surface area contributed by atoms with Crippen molar-refractivity contribution in [2.45, 2.75) is 19.8 Å². The third kappa shape index (κ3) is 4.99. The van der Waals surface area contributed by atoms with Crippen LogP contribution in [0.2, 0.25) is 0 Å². The Morgan fingerprint density at radius 1 is 1.39 bits per heavy atom. The molecule has 1 aliphatic rings. The average Bonchev–Trinajstić information content (AvgIpc) is 2.58. The Hall–Kier alpha value is -2.55. The van der Waals surface area contributed by atoms with E-state index in [0.29, 0.717) is 17.3 Å². The Balaban J connectivity index is 1.85. The minimum atomic E-state index is -0.202. The minimum Gasteiger partial charge on any atom is -0.361 e. The summed E-state index contributed by atoms with van der Waals surface area (Å²) in [6.07, 6.45) is 8.70. The Labute approximate surface area is 136 Å². The molecule has 1 aromatic heterocycles. The third-order valence-corrected chi connectivity index (χ3v) is 3.90. The molecule has 2 rings (SSSR count). The summed E-state index contributed by atoms with van der Waals surface area (Å²) in [5.41, 5.74) is 0.571. The highest BCUT2D eigenvalue weighted by Gasteiger charge is 2.21. The fourth-order valence-corrected chi connectivity index (χ4v) is 2.40. The van der Waals surface area contributed by atoms with Crippen molar-refractivity contribution in [1.29, 1.82) is 0 Å². The maximum atomic E-state index is 12.4. The molecular weight excluding hydrogens is 292 g/mol. The van der Waals surface area contributed by atoms with E-state index in [1.807, 2.05) is 4.90 Å². The SMILES string of the molecule is C#CCNC(=O)CNc1ccc(C(=O)N2CCC(C)CC2)cn1. The first-order valence-corrected chi connectivity index (χ1v) is 7.79. The highest BCUT2D eigenvalue weighted by Crippen LogP contribution is 2.18. The molecule has 2 amide bonds. The van der Waals surface area contributed by atoms with Gasteiger partial charge in [0.1, 0.15) is 5.82 Å². The lowest BCUT2D eigenvalue weighted by atomic mass is 9.99. The molecule has 0 spiro atoms. The van der Waals surface area contributed by atoms with E-state index in [4.69, 9.17) is 6.42 Å². The number of nitrogens with one attached hydrogen (secondary N) is 2. The highest BCUT2D eigenvalue weighted by molar-refractivity contribution is 5.94. The molecular formula is C17H22N4O2. The van der Waals surface area contributed by atoms with Crippen molar-refractivity contribution in [3.05, 3.63) is 23.9 Å². The lowest BCUT2D eigenvalue weighted by Gasteiger charge is -2.30. The van der Waals surface area contributed by atoms with E-state index in [2.05, 4.69) is 28.5 Å². The van der Waals surface area contributed by atoms with Gasteiger partial charge in [-0.3, -0.25) is 9.59 Å². The molecule has 6 nitrogen and oxygen atoms in total. The molecule has 0 atom stereocenters. The molecule has 2 N–H and O–H groups in total. The van der Waals surface area contributed by atoms with Gasteiger partial charge in [0.25, 0.3) is 5.91 Å². The van der Waals surface area contributed by atoms with Gasteiger partial charge in [0.15, 0.2) is 0 Å². The van der Waals surface area contributed by atoms with E-state index in [-0.39, 0.29) is 24.9 Å². The van der Waals surface area contributed by atoms with Crippen molar-refractivity contribution in [2.24, 2.45) is 5.92 Å². The van der Waals surface area contributed by atoms with Gasteiger partial charge in [-0.05, 0) is 30.9 Å². The molecule has 1 aliphatic heterocycles. The van der Waals surface area contributed by atoms with Gasteiger partial charge in [0, 0.05) is 19.3 Å². The number of nitrogens with zero attached hydrogens (tertiary/aromatic N) is 2. The summed E-state index contributed by atoms with van der Waals surface area (Å²) >= 11 is 0. The number of pyridine rings is 1. The van der Waals surface area contributed by atoms with Crippen molar-refractivity contribution in [3.63, 3.8) is 0 Å². The standard InChI is InChI=1S/C17H22N4O2/c1-3-8-18-16(22)12-20-15-5-4-14(11-19-15)17(23)21-9-6-13(2)7-10-21/h1,4-5,11,13H,6-10,12H2,2H3,(H,18,22)(H,19,20). The summed E-state index contributed by atoms with van der Waals surface area (Å²) in [6.45, 7) is 4.11. The van der Waals surface area contributed by atoms with Crippen LogP contribution < -0.4 is 10.6 Å². The fraction of sp³-hybridized carbons (Fsp3) is 0.471. The topological polar surface area (TPSA) is 74.3 Å². The van der Waals surface area contributed by atoms with Crippen LogP contribution in [0.15, 0.2) is 18.3 Å². The monoisotopic (exact) mass is 314 g/mol. The number of hydrogen-bond acceptors (Lipinski definition) is 4. The molecule has 2 heterocycles. The first-order valence-electron chi connectivity index (χ1n) is 7.79. The van der Waals surface area contributed by atoms with Crippen LogP contribution in [0.25, 0.3) is 0 Å². The number of hydrogen-bond donors (Lipinski definition) is 2. The lowest BCUT2D eigenvalue weighted by molar-refractivity contribution is -0.119. The lowest BCUT2D eigenvalue weighted by Crippen LogP contribution is -2.37. The summed E-state index contributed by atoms with van der Waals surface area (Å²) in [6, 6.07) is 3.43. The van der Waals surface area contributed by atoms with Crippen LogP contribution in [0.4, 0.5) is 5.82 Å². The van der Waals surface area contributed by atoms with Crippen molar-refractivity contribution < 1.29 is 9.59 Å². The summed E-state index contributed by atoms with van der Waals surface area (Å²) in [5.74, 6) is 3.38. The maximum absolute atomic E-state index is 12.4. The fourth-order valence-electron chi connectivity index (χ4n) is 2.40. The van der Waals surface area contributed by atoms with Gasteiger partial charge >= 0.3 is 0 Å². The molecule has 122 valence electrons. The van der Waals surface area contributed by atoms with Crippen molar-refractivity contribution in [2.75, 3.05) is 31.5 Å². The number of carbonyl (C=O) groups is 2.